The summed E-state index contributed by atoms with van der Waals surface area (Å²) in [5, 5.41) is 5.63. The number of carbonyl (C=O) groups excluding carboxylic acids is 1. The van der Waals surface area contributed by atoms with Crippen molar-refractivity contribution in [2.75, 3.05) is 18.9 Å². The van der Waals surface area contributed by atoms with Gasteiger partial charge >= 0.3 is 0 Å². The van der Waals surface area contributed by atoms with Crippen LogP contribution < -0.4 is 10.6 Å². The molecule has 1 heterocycles. The Labute approximate surface area is 128 Å². The minimum Gasteiger partial charge on any atom is -0.382 e. The largest absolute Gasteiger partial charge is 0.382 e. The molecular weight excluding hydrogens is 279 g/mol. The normalized spacial score (nSPS) is 13.5. The summed E-state index contributed by atoms with van der Waals surface area (Å²) in [5.41, 5.74) is 3.85. The molecule has 0 aliphatic carbocycles. The highest BCUT2D eigenvalue weighted by Gasteiger charge is 2.18. The number of carbonyl (C=O) groups is 1. The van der Waals surface area contributed by atoms with Crippen LogP contribution in [0.25, 0.3) is 5.57 Å². The second-order valence-corrected chi connectivity index (χ2v) is 5.21. The van der Waals surface area contributed by atoms with Crippen LogP contribution in [-0.4, -0.2) is 19.5 Å². The van der Waals surface area contributed by atoms with Crippen molar-refractivity contribution in [2.24, 2.45) is 0 Å². The molecule has 1 aliphatic rings. The van der Waals surface area contributed by atoms with E-state index in [0.29, 0.717) is 11.3 Å². The highest BCUT2D eigenvalue weighted by atomic mass is 19.1. The molecule has 2 N–H and O–H groups in total. The van der Waals surface area contributed by atoms with E-state index in [1.807, 2.05) is 36.4 Å². The van der Waals surface area contributed by atoms with Crippen molar-refractivity contribution in [1.82, 2.24) is 5.32 Å². The number of benzene rings is 2. The average Bonchev–Trinajstić information content (AvgIpc) is 3.02. The van der Waals surface area contributed by atoms with Gasteiger partial charge in [0.05, 0.1) is 5.69 Å². The van der Waals surface area contributed by atoms with Gasteiger partial charge in [-0.25, -0.2) is 4.39 Å². The molecule has 0 unspecified atom stereocenters. The number of nitrogens with one attached hydrogen (secondary N) is 2. The summed E-state index contributed by atoms with van der Waals surface area (Å²) >= 11 is 0. The second kappa shape index (κ2) is 6.02. The molecule has 0 spiro atoms. The van der Waals surface area contributed by atoms with E-state index in [1.54, 1.807) is 7.05 Å². The smallest absolute Gasteiger partial charge is 0.244 e. The standard InChI is InChI=1S/C18H17FN2O/c1-20-17(22)11-15(12-5-3-2-4-6-12)14-9-13-7-8-21-18(13)16(19)10-14/h2-6,9-11,21H,7-8H2,1H3,(H,20,22)/b15-11-. The fraction of sp³-hybridized carbons (Fsp3) is 0.167. The highest BCUT2D eigenvalue weighted by molar-refractivity contribution is 5.99. The molecule has 0 saturated heterocycles. The molecule has 0 fully saturated rings. The van der Waals surface area contributed by atoms with Gasteiger partial charge in [0.1, 0.15) is 5.82 Å². The van der Waals surface area contributed by atoms with E-state index in [-0.39, 0.29) is 11.7 Å². The van der Waals surface area contributed by atoms with Gasteiger partial charge in [0.25, 0.3) is 0 Å². The maximum atomic E-state index is 14.3. The lowest BCUT2D eigenvalue weighted by molar-refractivity contribution is -0.116. The van der Waals surface area contributed by atoms with Crippen molar-refractivity contribution in [1.29, 1.82) is 0 Å². The second-order valence-electron chi connectivity index (χ2n) is 5.21. The first-order valence-corrected chi connectivity index (χ1v) is 7.24. The van der Waals surface area contributed by atoms with Crippen molar-refractivity contribution in [3.8, 4) is 0 Å². The molecule has 0 bridgehead atoms. The molecule has 22 heavy (non-hydrogen) atoms. The molecule has 0 radical (unpaired) electrons. The van der Waals surface area contributed by atoms with Crippen LogP contribution in [0.4, 0.5) is 10.1 Å². The van der Waals surface area contributed by atoms with Crippen molar-refractivity contribution >= 4 is 17.2 Å². The van der Waals surface area contributed by atoms with Crippen molar-refractivity contribution in [3.05, 3.63) is 71.0 Å². The summed E-state index contributed by atoms with van der Waals surface area (Å²) in [6.07, 6.45) is 2.31. The molecule has 0 saturated carbocycles. The van der Waals surface area contributed by atoms with Gasteiger partial charge in [0, 0.05) is 19.7 Å². The maximum absolute atomic E-state index is 14.3. The van der Waals surface area contributed by atoms with Crippen LogP contribution in [0.5, 0.6) is 0 Å². The Hall–Kier alpha value is -2.62. The first kappa shape index (κ1) is 14.3. The van der Waals surface area contributed by atoms with Gasteiger partial charge in [0.15, 0.2) is 0 Å². The highest BCUT2D eigenvalue weighted by Crippen LogP contribution is 2.32. The molecule has 1 aliphatic heterocycles. The van der Waals surface area contributed by atoms with Gasteiger partial charge in [0.2, 0.25) is 5.91 Å². The summed E-state index contributed by atoms with van der Waals surface area (Å²) in [6.45, 7) is 0.746. The third-order valence-electron chi connectivity index (χ3n) is 3.79. The van der Waals surface area contributed by atoms with Crippen LogP contribution in [0.3, 0.4) is 0 Å². The SMILES string of the molecule is CNC(=O)/C=C(/c1ccccc1)c1cc(F)c2c(c1)CCN2. The van der Waals surface area contributed by atoms with Crippen LogP contribution in [0.1, 0.15) is 16.7 Å². The van der Waals surface area contributed by atoms with E-state index in [2.05, 4.69) is 10.6 Å². The Bertz CT molecular complexity index is 738. The van der Waals surface area contributed by atoms with Gasteiger partial charge in [-0.1, -0.05) is 30.3 Å². The van der Waals surface area contributed by atoms with E-state index in [4.69, 9.17) is 0 Å². The van der Waals surface area contributed by atoms with E-state index >= 15 is 0 Å². The van der Waals surface area contributed by atoms with Gasteiger partial charge in [-0.2, -0.15) is 0 Å². The third-order valence-corrected chi connectivity index (χ3v) is 3.79. The zero-order valence-corrected chi connectivity index (χ0v) is 12.3. The summed E-state index contributed by atoms with van der Waals surface area (Å²) in [4.78, 5) is 11.8. The molecule has 4 heteroatoms. The molecule has 112 valence electrons. The summed E-state index contributed by atoms with van der Waals surface area (Å²) < 4.78 is 14.3. The predicted octanol–water partition coefficient (Wildman–Crippen LogP) is 2.97. The summed E-state index contributed by atoms with van der Waals surface area (Å²) in [6, 6.07) is 13.0. The van der Waals surface area contributed by atoms with E-state index < -0.39 is 0 Å². The zero-order valence-electron chi connectivity index (χ0n) is 12.3. The Morgan fingerprint density at radius 1 is 1.23 bits per heavy atom. The number of rotatable bonds is 3. The van der Waals surface area contributed by atoms with Gasteiger partial charge in [-0.05, 0) is 40.8 Å². The van der Waals surface area contributed by atoms with Crippen molar-refractivity contribution in [2.45, 2.75) is 6.42 Å². The Morgan fingerprint density at radius 3 is 2.73 bits per heavy atom. The van der Waals surface area contributed by atoms with Crippen LogP contribution in [0.15, 0.2) is 48.5 Å². The van der Waals surface area contributed by atoms with Gasteiger partial charge in [-0.15, -0.1) is 0 Å². The van der Waals surface area contributed by atoms with Crippen LogP contribution in [0, 0.1) is 5.82 Å². The number of hydrogen-bond acceptors (Lipinski definition) is 2. The topological polar surface area (TPSA) is 41.1 Å². The number of hydrogen-bond donors (Lipinski definition) is 2. The van der Waals surface area contributed by atoms with Crippen molar-refractivity contribution in [3.63, 3.8) is 0 Å². The molecule has 0 atom stereocenters. The summed E-state index contributed by atoms with van der Waals surface area (Å²) in [5.74, 6) is -0.485. The molecule has 2 aromatic rings. The lowest BCUT2D eigenvalue weighted by atomic mass is 9.95. The predicted molar refractivity (Wildman–Crippen MR) is 86.2 cm³/mol. The molecular formula is C18H17FN2O. The third kappa shape index (κ3) is 2.72. The molecule has 1 amide bonds. The van der Waals surface area contributed by atoms with E-state index in [0.717, 1.165) is 29.7 Å². The molecule has 0 aromatic heterocycles. The van der Waals surface area contributed by atoms with Crippen LogP contribution >= 0.6 is 0 Å². The first-order chi connectivity index (χ1) is 10.7. The van der Waals surface area contributed by atoms with E-state index in [1.165, 1.54) is 12.1 Å². The first-order valence-electron chi connectivity index (χ1n) is 7.24. The minimum absolute atomic E-state index is 0.210. The van der Waals surface area contributed by atoms with Gasteiger partial charge < -0.3 is 10.6 Å². The number of halogens is 1. The van der Waals surface area contributed by atoms with Crippen LogP contribution in [-0.2, 0) is 11.2 Å². The lowest BCUT2D eigenvalue weighted by Crippen LogP contribution is -2.15. The van der Waals surface area contributed by atoms with Crippen molar-refractivity contribution < 1.29 is 9.18 Å². The quantitative estimate of drug-likeness (QED) is 0.855. The minimum atomic E-state index is -0.274. The summed E-state index contributed by atoms with van der Waals surface area (Å²) in [7, 11) is 1.58. The van der Waals surface area contributed by atoms with Gasteiger partial charge in [-0.3, -0.25) is 4.79 Å². The molecule has 3 nitrogen and oxygen atoms in total. The fourth-order valence-electron chi connectivity index (χ4n) is 2.69. The number of fused-ring (bicyclic) bond motifs is 1. The number of likely N-dealkylation sites (N-methyl/N-ethyl adjacent to an activating group) is 1. The number of amides is 1. The van der Waals surface area contributed by atoms with E-state index in [9.17, 15) is 9.18 Å². The maximum Gasteiger partial charge on any atom is 0.244 e. The monoisotopic (exact) mass is 296 g/mol. The molecule has 2 aromatic carbocycles. The Morgan fingerprint density at radius 2 is 2.00 bits per heavy atom. The Kier molecular flexibility index (Phi) is 3.92. The van der Waals surface area contributed by atoms with Crippen LogP contribution in [0.2, 0.25) is 0 Å². The zero-order chi connectivity index (χ0) is 15.5. The average molecular weight is 296 g/mol. The molecule has 3 rings (SSSR count). The fourth-order valence-corrected chi connectivity index (χ4v) is 2.69. The lowest BCUT2D eigenvalue weighted by Gasteiger charge is -2.11. The Balaban J connectivity index is 2.13. The number of anilines is 1.